The Morgan fingerprint density at radius 2 is 1.79 bits per heavy atom. The van der Waals surface area contributed by atoms with Crippen LogP contribution in [-0.2, 0) is 23.9 Å². The number of hydrogen-bond acceptors (Lipinski definition) is 6. The zero-order valence-corrected chi connectivity index (χ0v) is 18.8. The lowest BCUT2D eigenvalue weighted by atomic mass is 9.95. The number of ether oxygens (including phenoxy) is 1. The fourth-order valence-electron chi connectivity index (χ4n) is 3.81. The number of likely N-dealkylation sites (tertiary alicyclic amines) is 1. The Morgan fingerprint density at radius 3 is 2.39 bits per heavy atom. The number of amides is 3. The van der Waals surface area contributed by atoms with E-state index in [9.17, 15) is 32.3 Å². The third kappa shape index (κ3) is 7.72. The minimum atomic E-state index is -5.26. The van der Waals surface area contributed by atoms with Crippen molar-refractivity contribution >= 4 is 23.7 Å². The second-order valence-corrected chi connectivity index (χ2v) is 8.36. The van der Waals surface area contributed by atoms with E-state index in [0.29, 0.717) is 25.3 Å². The van der Waals surface area contributed by atoms with E-state index in [1.54, 1.807) is 0 Å². The molecular formula is C21H31F3N4O5. The first-order chi connectivity index (χ1) is 15.5. The molecule has 2 saturated heterocycles. The van der Waals surface area contributed by atoms with Gasteiger partial charge in [-0.25, -0.2) is 4.79 Å². The first kappa shape index (κ1) is 26.6. The van der Waals surface area contributed by atoms with Crippen molar-refractivity contribution in [3.05, 3.63) is 12.2 Å². The fourth-order valence-corrected chi connectivity index (χ4v) is 3.81. The Balaban J connectivity index is 2.04. The molecular weight excluding hydrogens is 445 g/mol. The average molecular weight is 476 g/mol. The van der Waals surface area contributed by atoms with Crippen LogP contribution in [0.4, 0.5) is 13.2 Å². The van der Waals surface area contributed by atoms with Crippen molar-refractivity contribution in [1.29, 1.82) is 0 Å². The number of esters is 1. The van der Waals surface area contributed by atoms with Crippen LogP contribution in [0.1, 0.15) is 39.5 Å². The second-order valence-electron chi connectivity index (χ2n) is 8.36. The summed E-state index contributed by atoms with van der Waals surface area (Å²) in [6, 6.07) is 0. The monoisotopic (exact) mass is 476 g/mol. The first-order valence-corrected chi connectivity index (χ1v) is 11.0. The summed E-state index contributed by atoms with van der Waals surface area (Å²) in [4.78, 5) is 50.6. The van der Waals surface area contributed by atoms with Crippen molar-refractivity contribution in [2.45, 2.75) is 51.4 Å². The molecule has 2 rings (SSSR count). The molecule has 0 spiro atoms. The van der Waals surface area contributed by atoms with Crippen LogP contribution >= 0.6 is 0 Å². The molecule has 2 atom stereocenters. The molecule has 9 nitrogen and oxygen atoms in total. The van der Waals surface area contributed by atoms with Crippen LogP contribution in [0.2, 0.25) is 0 Å². The lowest BCUT2D eigenvalue weighted by Crippen LogP contribution is -2.67. The molecule has 0 aromatic heterocycles. The van der Waals surface area contributed by atoms with E-state index in [-0.39, 0.29) is 19.1 Å². The van der Waals surface area contributed by atoms with E-state index < -0.39 is 35.5 Å². The molecule has 0 aromatic rings. The summed E-state index contributed by atoms with van der Waals surface area (Å²) in [5.74, 6) is -5.07. The van der Waals surface area contributed by atoms with E-state index in [0.717, 1.165) is 32.9 Å². The van der Waals surface area contributed by atoms with E-state index >= 15 is 0 Å². The molecule has 3 amide bonds. The van der Waals surface area contributed by atoms with Gasteiger partial charge < -0.3 is 25.6 Å². The SMILES string of the molecule is CCOC(=O)[C@](C)(NC(=O)[C@@H]1CCCN(C(=O)/C=C/C2CCNCC2)C1)NC(=O)C(F)(F)F. The Kier molecular flexibility index (Phi) is 9.26. The molecule has 2 heterocycles. The van der Waals surface area contributed by atoms with E-state index in [4.69, 9.17) is 4.74 Å². The summed E-state index contributed by atoms with van der Waals surface area (Å²) in [5, 5.41) is 6.94. The first-order valence-electron chi connectivity index (χ1n) is 11.0. The number of nitrogens with one attached hydrogen (secondary N) is 3. The van der Waals surface area contributed by atoms with Gasteiger partial charge in [0.15, 0.2) is 0 Å². The number of piperidine rings is 2. The molecule has 186 valence electrons. The van der Waals surface area contributed by atoms with Gasteiger partial charge in [-0.2, -0.15) is 13.2 Å². The predicted molar refractivity (Wildman–Crippen MR) is 111 cm³/mol. The van der Waals surface area contributed by atoms with Crippen LogP contribution in [0.5, 0.6) is 0 Å². The lowest BCUT2D eigenvalue weighted by Gasteiger charge is -2.35. The van der Waals surface area contributed by atoms with Crippen molar-refractivity contribution < 1.29 is 37.1 Å². The molecule has 33 heavy (non-hydrogen) atoms. The molecule has 0 unspecified atom stereocenters. The zero-order valence-electron chi connectivity index (χ0n) is 18.8. The molecule has 2 aliphatic heterocycles. The normalized spacial score (nSPS) is 21.8. The summed E-state index contributed by atoms with van der Waals surface area (Å²) in [5.41, 5.74) is -2.42. The van der Waals surface area contributed by atoms with Crippen LogP contribution in [0.25, 0.3) is 0 Å². The number of nitrogens with zero attached hydrogens (tertiary/aromatic N) is 1. The number of rotatable bonds is 7. The smallest absolute Gasteiger partial charge is 0.463 e. The fraction of sp³-hybridized carbons (Fsp3) is 0.714. The average Bonchev–Trinajstić information content (AvgIpc) is 2.77. The van der Waals surface area contributed by atoms with Gasteiger partial charge in [-0.15, -0.1) is 0 Å². The summed E-state index contributed by atoms with van der Waals surface area (Å²) < 4.78 is 43.0. The second kappa shape index (κ2) is 11.5. The van der Waals surface area contributed by atoms with Crippen molar-refractivity contribution in [2.75, 3.05) is 32.8 Å². The van der Waals surface area contributed by atoms with Gasteiger partial charge in [-0.1, -0.05) is 6.08 Å². The molecule has 0 bridgehead atoms. The van der Waals surface area contributed by atoms with Gasteiger partial charge in [0.1, 0.15) is 0 Å². The summed E-state index contributed by atoms with van der Waals surface area (Å²) in [6.07, 6.45) is 0.874. The zero-order chi connectivity index (χ0) is 24.6. The number of carbonyl (C=O) groups excluding carboxylic acids is 4. The summed E-state index contributed by atoms with van der Waals surface area (Å²) >= 11 is 0. The van der Waals surface area contributed by atoms with Crippen LogP contribution in [0.15, 0.2) is 12.2 Å². The van der Waals surface area contributed by atoms with Crippen molar-refractivity contribution in [3.8, 4) is 0 Å². The highest BCUT2D eigenvalue weighted by molar-refractivity contribution is 5.94. The molecule has 0 aliphatic carbocycles. The van der Waals surface area contributed by atoms with E-state index in [1.807, 2.05) is 6.08 Å². The number of alkyl halides is 3. The summed E-state index contributed by atoms with van der Waals surface area (Å²) in [7, 11) is 0. The van der Waals surface area contributed by atoms with Crippen LogP contribution < -0.4 is 16.0 Å². The highest BCUT2D eigenvalue weighted by Crippen LogP contribution is 2.21. The maximum atomic E-state index is 12.8. The van der Waals surface area contributed by atoms with Crippen molar-refractivity contribution in [1.82, 2.24) is 20.9 Å². The van der Waals surface area contributed by atoms with Gasteiger partial charge in [0.2, 0.25) is 17.5 Å². The number of halogens is 3. The highest BCUT2D eigenvalue weighted by atomic mass is 19.4. The largest absolute Gasteiger partial charge is 0.471 e. The molecule has 3 N–H and O–H groups in total. The van der Waals surface area contributed by atoms with Crippen LogP contribution in [-0.4, -0.2) is 73.2 Å². The van der Waals surface area contributed by atoms with Gasteiger partial charge in [0.05, 0.1) is 12.5 Å². The molecule has 2 fully saturated rings. The van der Waals surface area contributed by atoms with Gasteiger partial charge >= 0.3 is 18.1 Å². The molecule has 0 aromatic carbocycles. The molecule has 0 saturated carbocycles. The predicted octanol–water partition coefficient (Wildman–Crippen LogP) is 0.855. The number of hydrogen-bond donors (Lipinski definition) is 3. The number of allylic oxidation sites excluding steroid dienone is 1. The quantitative estimate of drug-likeness (QED) is 0.285. The highest BCUT2D eigenvalue weighted by Gasteiger charge is 2.47. The lowest BCUT2D eigenvalue weighted by molar-refractivity contribution is -0.179. The minimum absolute atomic E-state index is 0.0490. The van der Waals surface area contributed by atoms with Crippen molar-refractivity contribution in [2.24, 2.45) is 11.8 Å². The minimum Gasteiger partial charge on any atom is -0.463 e. The van der Waals surface area contributed by atoms with Crippen molar-refractivity contribution in [3.63, 3.8) is 0 Å². The van der Waals surface area contributed by atoms with Crippen LogP contribution in [0, 0.1) is 11.8 Å². The third-order valence-electron chi connectivity index (χ3n) is 5.68. The standard InChI is InChI=1S/C21H31F3N4O5/c1-3-33-19(32)20(2,27-18(31)21(22,23)24)26-17(30)15-5-4-12-28(13-15)16(29)7-6-14-8-10-25-11-9-14/h6-7,14-15,25H,3-5,8-13H2,1-2H3,(H,26,30)(H,27,31)/b7-6+/t15-,20-/m1/s1. The number of carbonyl (C=O) groups is 4. The Hall–Kier alpha value is -2.63. The molecule has 2 aliphatic rings. The van der Waals surface area contributed by atoms with Gasteiger partial charge in [0.25, 0.3) is 0 Å². The van der Waals surface area contributed by atoms with Gasteiger partial charge in [0, 0.05) is 13.1 Å². The Morgan fingerprint density at radius 1 is 1.12 bits per heavy atom. The summed E-state index contributed by atoms with van der Waals surface area (Å²) in [6.45, 7) is 4.47. The maximum absolute atomic E-state index is 12.8. The maximum Gasteiger partial charge on any atom is 0.471 e. The van der Waals surface area contributed by atoms with Crippen LogP contribution in [0.3, 0.4) is 0 Å². The van der Waals surface area contributed by atoms with Gasteiger partial charge in [-0.05, 0) is 64.6 Å². The Bertz CT molecular complexity index is 767. The van der Waals surface area contributed by atoms with E-state index in [1.165, 1.54) is 23.2 Å². The molecule has 0 radical (unpaired) electrons. The van der Waals surface area contributed by atoms with E-state index in [2.05, 4.69) is 10.6 Å². The molecule has 12 heteroatoms. The van der Waals surface area contributed by atoms with Gasteiger partial charge in [-0.3, -0.25) is 14.4 Å². The third-order valence-corrected chi connectivity index (χ3v) is 5.68. The topological polar surface area (TPSA) is 117 Å². The Labute approximate surface area is 190 Å².